The van der Waals surface area contributed by atoms with Gasteiger partial charge in [0, 0.05) is 25.4 Å². The van der Waals surface area contributed by atoms with Gasteiger partial charge in [0.05, 0.1) is 13.2 Å². The molecule has 0 bridgehead atoms. The molecule has 120 valence electrons. The summed E-state index contributed by atoms with van der Waals surface area (Å²) < 4.78 is 4.59. The zero-order chi connectivity index (χ0) is 16.4. The second-order valence-corrected chi connectivity index (χ2v) is 6.76. The van der Waals surface area contributed by atoms with Gasteiger partial charge < -0.3 is 15.4 Å². The molecule has 21 heavy (non-hydrogen) atoms. The summed E-state index contributed by atoms with van der Waals surface area (Å²) in [5, 5.41) is 5.04. The van der Waals surface area contributed by atoms with Crippen molar-refractivity contribution >= 4 is 45.2 Å². The van der Waals surface area contributed by atoms with Crippen LogP contribution in [0.15, 0.2) is 0 Å². The molecule has 9 heteroatoms. The van der Waals surface area contributed by atoms with Gasteiger partial charge in [0.2, 0.25) is 11.8 Å². The zero-order valence-corrected chi connectivity index (χ0v) is 14.1. The van der Waals surface area contributed by atoms with E-state index in [9.17, 15) is 19.2 Å². The van der Waals surface area contributed by atoms with Gasteiger partial charge in [0.15, 0.2) is 5.78 Å². The van der Waals surface area contributed by atoms with Gasteiger partial charge in [-0.15, -0.1) is 0 Å². The van der Waals surface area contributed by atoms with Crippen molar-refractivity contribution in [2.75, 3.05) is 18.6 Å². The number of Topliss-reactive ketones (excluding diaryl/α,β-unsaturated/α-hetero) is 1. The SMILES string of the molecule is COC(=O)C(CSSCC(NC(C)=O)C(C)=O)NC(C)=O. The lowest BCUT2D eigenvalue weighted by molar-refractivity contribution is -0.144. The first-order valence-electron chi connectivity index (χ1n) is 6.14. The van der Waals surface area contributed by atoms with Crippen molar-refractivity contribution in [1.82, 2.24) is 10.6 Å². The largest absolute Gasteiger partial charge is 0.467 e. The molecule has 0 spiro atoms. The number of hydrogen-bond donors (Lipinski definition) is 2. The predicted octanol–water partition coefficient (Wildman–Crippen LogP) is 0.139. The number of ketones is 1. The first-order chi connectivity index (χ1) is 9.77. The number of hydrogen-bond acceptors (Lipinski definition) is 7. The van der Waals surface area contributed by atoms with E-state index in [1.807, 2.05) is 0 Å². The Morgan fingerprint density at radius 2 is 1.33 bits per heavy atom. The van der Waals surface area contributed by atoms with Crippen LogP contribution >= 0.6 is 21.6 Å². The highest BCUT2D eigenvalue weighted by atomic mass is 33.1. The van der Waals surface area contributed by atoms with E-state index in [4.69, 9.17) is 0 Å². The van der Waals surface area contributed by atoms with Gasteiger partial charge >= 0.3 is 5.97 Å². The minimum absolute atomic E-state index is 0.135. The molecule has 0 saturated heterocycles. The molecule has 2 atom stereocenters. The Bertz CT molecular complexity index is 403. The lowest BCUT2D eigenvalue weighted by atomic mass is 10.2. The van der Waals surface area contributed by atoms with Gasteiger partial charge in [-0.25, -0.2) is 4.79 Å². The number of amides is 2. The molecular formula is C12H20N2O5S2. The molecular weight excluding hydrogens is 316 g/mol. The minimum Gasteiger partial charge on any atom is -0.467 e. The van der Waals surface area contributed by atoms with Crippen molar-refractivity contribution in [2.24, 2.45) is 0 Å². The van der Waals surface area contributed by atoms with E-state index in [0.717, 1.165) is 0 Å². The van der Waals surface area contributed by atoms with E-state index in [1.54, 1.807) is 0 Å². The fourth-order valence-electron chi connectivity index (χ4n) is 1.29. The van der Waals surface area contributed by atoms with E-state index >= 15 is 0 Å². The smallest absolute Gasteiger partial charge is 0.329 e. The topological polar surface area (TPSA) is 102 Å². The maximum Gasteiger partial charge on any atom is 0.329 e. The molecule has 0 aliphatic heterocycles. The van der Waals surface area contributed by atoms with Gasteiger partial charge in [-0.2, -0.15) is 0 Å². The fraction of sp³-hybridized carbons (Fsp3) is 0.667. The lowest BCUT2D eigenvalue weighted by Gasteiger charge is -2.16. The van der Waals surface area contributed by atoms with Gasteiger partial charge in [-0.1, -0.05) is 21.6 Å². The van der Waals surface area contributed by atoms with Crippen LogP contribution in [0.1, 0.15) is 20.8 Å². The van der Waals surface area contributed by atoms with Gasteiger partial charge in [0.1, 0.15) is 6.04 Å². The summed E-state index contributed by atoms with van der Waals surface area (Å²) >= 11 is 0. The predicted molar refractivity (Wildman–Crippen MR) is 82.8 cm³/mol. The van der Waals surface area contributed by atoms with Crippen molar-refractivity contribution in [2.45, 2.75) is 32.9 Å². The zero-order valence-electron chi connectivity index (χ0n) is 12.4. The van der Waals surface area contributed by atoms with Crippen LogP contribution in [0.3, 0.4) is 0 Å². The highest BCUT2D eigenvalue weighted by molar-refractivity contribution is 8.76. The molecule has 0 aliphatic rings. The van der Waals surface area contributed by atoms with E-state index in [0.29, 0.717) is 11.5 Å². The molecule has 0 fully saturated rings. The lowest BCUT2D eigenvalue weighted by Crippen LogP contribution is -2.42. The third-order valence-electron chi connectivity index (χ3n) is 2.28. The molecule has 2 unspecified atom stereocenters. The van der Waals surface area contributed by atoms with Gasteiger partial charge in [0.25, 0.3) is 0 Å². The summed E-state index contributed by atoms with van der Waals surface area (Å²) in [4.78, 5) is 44.8. The summed E-state index contributed by atoms with van der Waals surface area (Å²) in [5.74, 6) is -0.565. The van der Waals surface area contributed by atoms with Crippen LogP contribution in [0.4, 0.5) is 0 Å². The average molecular weight is 336 g/mol. The van der Waals surface area contributed by atoms with Crippen molar-refractivity contribution in [1.29, 1.82) is 0 Å². The minimum atomic E-state index is -0.735. The number of nitrogens with one attached hydrogen (secondary N) is 2. The first kappa shape index (κ1) is 19.8. The van der Waals surface area contributed by atoms with Crippen molar-refractivity contribution in [3.63, 3.8) is 0 Å². The molecule has 7 nitrogen and oxygen atoms in total. The van der Waals surface area contributed by atoms with E-state index in [2.05, 4.69) is 15.4 Å². The number of ether oxygens (including phenoxy) is 1. The van der Waals surface area contributed by atoms with Crippen LogP contribution in [0.5, 0.6) is 0 Å². The first-order valence-corrected chi connectivity index (χ1v) is 8.63. The normalized spacial score (nSPS) is 13.0. The quantitative estimate of drug-likeness (QED) is 0.351. The van der Waals surface area contributed by atoms with Gasteiger partial charge in [-0.05, 0) is 6.92 Å². The number of carbonyl (C=O) groups is 4. The highest BCUT2D eigenvalue weighted by Gasteiger charge is 2.21. The van der Waals surface area contributed by atoms with Crippen molar-refractivity contribution in [3.8, 4) is 0 Å². The summed E-state index contributed by atoms with van der Waals surface area (Å²) in [6.45, 7) is 4.06. The summed E-state index contributed by atoms with van der Waals surface area (Å²) in [7, 11) is 3.90. The molecule has 0 aliphatic carbocycles. The van der Waals surface area contributed by atoms with Crippen LogP contribution < -0.4 is 10.6 Å². The number of methoxy groups -OCH3 is 1. The molecule has 0 aromatic carbocycles. The number of carbonyl (C=O) groups excluding carboxylic acids is 4. The average Bonchev–Trinajstić information content (AvgIpc) is 2.38. The Hall–Kier alpha value is -1.22. The summed E-state index contributed by atoms with van der Waals surface area (Å²) in [5.41, 5.74) is 0. The van der Waals surface area contributed by atoms with E-state index in [1.165, 1.54) is 49.5 Å². The standard InChI is InChI=1S/C12H20N2O5S2/c1-7(15)10(13-8(2)16)5-20-21-6-11(12(18)19-4)14-9(3)17/h10-11H,5-6H2,1-4H3,(H,13,16)(H,14,17). The van der Waals surface area contributed by atoms with Crippen LogP contribution in [0, 0.1) is 0 Å². The number of rotatable bonds is 9. The third kappa shape index (κ3) is 9.35. The third-order valence-corrected chi connectivity index (χ3v) is 4.71. The van der Waals surface area contributed by atoms with Crippen molar-refractivity contribution in [3.05, 3.63) is 0 Å². The van der Waals surface area contributed by atoms with Crippen LogP contribution in [0.25, 0.3) is 0 Å². The molecule has 0 aromatic rings. The maximum atomic E-state index is 11.5. The Morgan fingerprint density at radius 3 is 1.71 bits per heavy atom. The molecule has 0 saturated carbocycles. The summed E-state index contributed by atoms with van der Waals surface area (Å²) in [6.07, 6.45) is 0. The maximum absolute atomic E-state index is 11.5. The van der Waals surface area contributed by atoms with E-state index < -0.39 is 18.1 Å². The molecule has 2 amide bonds. The second kappa shape index (κ2) is 10.5. The Balaban J connectivity index is 4.24. The Labute approximate surface area is 131 Å². The molecule has 0 radical (unpaired) electrons. The highest BCUT2D eigenvalue weighted by Crippen LogP contribution is 2.23. The molecule has 0 rings (SSSR count). The van der Waals surface area contributed by atoms with E-state index in [-0.39, 0.29) is 17.6 Å². The molecule has 0 aromatic heterocycles. The van der Waals surface area contributed by atoms with Crippen molar-refractivity contribution < 1.29 is 23.9 Å². The second-order valence-electron chi connectivity index (χ2n) is 4.21. The van der Waals surface area contributed by atoms with Crippen LogP contribution in [-0.2, 0) is 23.9 Å². The fourth-order valence-corrected chi connectivity index (χ4v) is 3.69. The Morgan fingerprint density at radius 1 is 0.905 bits per heavy atom. The summed E-state index contributed by atoms with van der Waals surface area (Å²) in [6, 6.07) is -1.29. The monoisotopic (exact) mass is 336 g/mol. The van der Waals surface area contributed by atoms with Crippen LogP contribution in [0.2, 0.25) is 0 Å². The molecule has 0 heterocycles. The molecule has 2 N–H and O–H groups in total. The Kier molecular flexibility index (Phi) is 9.89. The van der Waals surface area contributed by atoms with Crippen LogP contribution in [-0.4, -0.2) is 54.3 Å². The van der Waals surface area contributed by atoms with Gasteiger partial charge in [-0.3, -0.25) is 14.4 Å². The number of esters is 1.